The molecule has 1 aromatic heterocycles. The maximum absolute atomic E-state index is 15.5. The van der Waals surface area contributed by atoms with Crippen molar-refractivity contribution in [3.05, 3.63) is 35.9 Å². The average Bonchev–Trinajstić information content (AvgIpc) is 3.50. The molecular formula is C35H46F3N7O6. The number of likely N-dealkylation sites (tertiary alicyclic amines) is 1. The van der Waals surface area contributed by atoms with Gasteiger partial charge in [0.05, 0.1) is 5.56 Å². The van der Waals surface area contributed by atoms with Crippen molar-refractivity contribution in [1.82, 2.24) is 30.3 Å². The summed E-state index contributed by atoms with van der Waals surface area (Å²) in [7, 11) is 0. The van der Waals surface area contributed by atoms with Gasteiger partial charge in [0.1, 0.15) is 6.33 Å². The van der Waals surface area contributed by atoms with Crippen molar-refractivity contribution in [2.24, 2.45) is 11.3 Å². The van der Waals surface area contributed by atoms with Gasteiger partial charge in [-0.3, -0.25) is 9.69 Å². The number of nitrogens with one attached hydrogen (secondary N) is 1. The van der Waals surface area contributed by atoms with Crippen LogP contribution in [0.25, 0.3) is 0 Å². The van der Waals surface area contributed by atoms with Crippen LogP contribution in [0.5, 0.6) is 23.1 Å². The normalized spacial score (nSPS) is 18.3. The second kappa shape index (κ2) is 16.4. The zero-order valence-electron chi connectivity index (χ0n) is 29.7. The van der Waals surface area contributed by atoms with Gasteiger partial charge in [-0.15, -0.1) is 10.2 Å². The third kappa shape index (κ3) is 8.78. The lowest BCUT2D eigenvalue weighted by Crippen LogP contribution is -2.62. The minimum atomic E-state index is -2.30. The number of fused-ring (bicyclic) bond motifs is 1. The van der Waals surface area contributed by atoms with Crippen molar-refractivity contribution in [2.45, 2.75) is 78.8 Å². The van der Waals surface area contributed by atoms with Crippen molar-refractivity contribution in [3.63, 3.8) is 0 Å². The summed E-state index contributed by atoms with van der Waals surface area (Å²) in [6, 6.07) is 0.969. The summed E-state index contributed by atoms with van der Waals surface area (Å²) >= 11 is 0. The quantitative estimate of drug-likeness (QED) is 0.156. The molecular weight excluding hydrogens is 671 g/mol. The Morgan fingerprint density at radius 3 is 2.41 bits per heavy atom. The highest BCUT2D eigenvalue weighted by Gasteiger charge is 2.50. The third-order valence-corrected chi connectivity index (χ3v) is 9.58. The van der Waals surface area contributed by atoms with Gasteiger partial charge in [-0.05, 0) is 58.6 Å². The average molecular weight is 718 g/mol. The largest absolute Gasteiger partial charge is 0.430 e. The number of carbonyl (C=O) groups excluding carboxylic acids is 3. The molecule has 4 heterocycles. The van der Waals surface area contributed by atoms with E-state index in [1.165, 1.54) is 11.2 Å². The number of hydrogen-bond donors (Lipinski definition) is 1. The second-order valence-corrected chi connectivity index (χ2v) is 13.9. The van der Waals surface area contributed by atoms with E-state index in [0.29, 0.717) is 44.0 Å². The van der Waals surface area contributed by atoms with E-state index in [0.717, 1.165) is 50.6 Å². The molecule has 3 aliphatic rings. The third-order valence-electron chi connectivity index (χ3n) is 9.58. The van der Waals surface area contributed by atoms with Gasteiger partial charge in [0, 0.05) is 75.3 Å². The number of ether oxygens (including phenoxy) is 3. The van der Waals surface area contributed by atoms with E-state index in [1.807, 2.05) is 4.90 Å². The maximum Gasteiger partial charge on any atom is 0.336 e. The molecule has 1 N–H and O–H groups in total. The molecule has 3 aliphatic heterocycles. The van der Waals surface area contributed by atoms with Crippen LogP contribution in [-0.4, -0.2) is 107 Å². The fourth-order valence-electron chi connectivity index (χ4n) is 7.12. The first-order chi connectivity index (χ1) is 24.3. The van der Waals surface area contributed by atoms with Crippen molar-refractivity contribution in [2.75, 3.05) is 50.7 Å². The molecule has 2 aromatic rings. The monoisotopic (exact) mass is 717 g/mol. The van der Waals surface area contributed by atoms with Gasteiger partial charge in [-0.1, -0.05) is 13.8 Å². The van der Waals surface area contributed by atoms with Crippen molar-refractivity contribution in [3.8, 4) is 23.1 Å². The second-order valence-electron chi connectivity index (χ2n) is 13.9. The summed E-state index contributed by atoms with van der Waals surface area (Å²) in [5.74, 6) is -4.78. The number of esters is 2. The molecule has 0 unspecified atom stereocenters. The van der Waals surface area contributed by atoms with E-state index < -0.39 is 41.6 Å². The van der Waals surface area contributed by atoms with Gasteiger partial charge in [0.15, 0.2) is 17.4 Å². The molecule has 2 saturated heterocycles. The Morgan fingerprint density at radius 2 is 1.76 bits per heavy atom. The van der Waals surface area contributed by atoms with Gasteiger partial charge in [-0.2, -0.15) is 0 Å². The minimum absolute atomic E-state index is 0.00777. The summed E-state index contributed by atoms with van der Waals surface area (Å²) < 4.78 is 57.2. The summed E-state index contributed by atoms with van der Waals surface area (Å²) in [5.41, 5.74) is -0.283. The van der Waals surface area contributed by atoms with Gasteiger partial charge < -0.3 is 29.3 Å². The van der Waals surface area contributed by atoms with Crippen LogP contribution in [0, 0.1) is 17.2 Å². The molecule has 13 nitrogen and oxygen atoms in total. The molecule has 0 bridgehead atoms. The van der Waals surface area contributed by atoms with Crippen LogP contribution in [0.4, 0.5) is 19.0 Å². The first-order valence-corrected chi connectivity index (χ1v) is 17.4. The molecule has 5 rings (SSSR count). The van der Waals surface area contributed by atoms with Crippen molar-refractivity contribution < 1.29 is 41.8 Å². The highest BCUT2D eigenvalue weighted by Crippen LogP contribution is 2.48. The number of rotatable bonds is 15. The van der Waals surface area contributed by atoms with Gasteiger partial charge >= 0.3 is 11.9 Å². The van der Waals surface area contributed by atoms with E-state index in [-0.39, 0.29) is 41.6 Å². The number of carbonyl (C=O) groups is 3. The van der Waals surface area contributed by atoms with E-state index in [9.17, 15) is 23.2 Å². The summed E-state index contributed by atoms with van der Waals surface area (Å²) in [6.45, 7) is 14.1. The predicted octanol–water partition coefficient (Wildman–Crippen LogP) is 4.62. The van der Waals surface area contributed by atoms with E-state index in [2.05, 4.69) is 39.2 Å². The summed E-state index contributed by atoms with van der Waals surface area (Å²) in [5, 5.41) is 11.2. The van der Waals surface area contributed by atoms with E-state index in [1.54, 1.807) is 20.8 Å². The first-order valence-electron chi connectivity index (χ1n) is 17.4. The van der Waals surface area contributed by atoms with E-state index >= 15 is 4.39 Å². The highest BCUT2D eigenvalue weighted by molar-refractivity contribution is 6.01. The highest BCUT2D eigenvalue weighted by atomic mass is 19.3. The number of anilines is 1. The molecule has 0 radical (unpaired) electrons. The SMILES string of the molecule is CCN(C(=O)c1cc(F)c2c(c1Oc1nncnc1N1CCC3(C1)CN([C@H](CCCNCCC(F)F)C(C)C)C3)OC(=O)/C=C/C(=O)O2)C(C)C. The Labute approximate surface area is 295 Å². The van der Waals surface area contributed by atoms with Gasteiger partial charge in [0.25, 0.3) is 11.8 Å². The van der Waals surface area contributed by atoms with Gasteiger partial charge in [0.2, 0.25) is 17.9 Å². The smallest absolute Gasteiger partial charge is 0.336 e. The number of alkyl halides is 2. The van der Waals surface area contributed by atoms with Gasteiger partial charge in [-0.25, -0.2) is 27.7 Å². The fraction of sp³-hybridized carbons (Fsp3) is 0.600. The zero-order valence-corrected chi connectivity index (χ0v) is 29.7. The molecule has 1 aromatic carbocycles. The van der Waals surface area contributed by atoms with E-state index in [4.69, 9.17) is 14.2 Å². The van der Waals surface area contributed by atoms with Crippen LogP contribution in [0.3, 0.4) is 0 Å². The molecule has 1 amide bonds. The molecule has 51 heavy (non-hydrogen) atoms. The minimum Gasteiger partial charge on any atom is -0.430 e. The molecule has 1 spiro atoms. The molecule has 278 valence electrons. The number of nitrogens with zero attached hydrogens (tertiary/aromatic N) is 6. The maximum atomic E-state index is 15.5. The summed E-state index contributed by atoms with van der Waals surface area (Å²) in [4.78, 5) is 49.2. The lowest BCUT2D eigenvalue weighted by atomic mass is 9.76. The number of hydrogen-bond acceptors (Lipinski definition) is 12. The Bertz CT molecular complexity index is 1620. The standard InChI is InChI=1S/C35H46F3N7O6/c1-6-45(22(4)5)34(48)23-16-24(36)30-31(50-28(47)10-9-27(46)49-30)29(23)51-33-32(40-20-41-42-33)43-15-12-35(17-43)18-44(19-35)25(21(2)3)8-7-13-39-14-11-26(37)38/h9-10,16,20-22,25-26,39H,6-8,11-15,17-19H2,1-5H3/b10-9+/t25-/m1/s1. The lowest BCUT2D eigenvalue weighted by Gasteiger charge is -2.53. The van der Waals surface area contributed by atoms with Crippen LogP contribution in [-0.2, 0) is 9.59 Å². The van der Waals surface area contributed by atoms with Crippen LogP contribution in [0.1, 0.15) is 70.7 Å². The Morgan fingerprint density at radius 1 is 1.06 bits per heavy atom. The summed E-state index contributed by atoms with van der Waals surface area (Å²) in [6.07, 6.45) is 3.19. The first kappa shape index (κ1) is 37.9. The fourth-order valence-corrected chi connectivity index (χ4v) is 7.12. The number of benzene rings is 1. The van der Waals surface area contributed by atoms with Crippen LogP contribution >= 0.6 is 0 Å². The molecule has 0 aliphatic carbocycles. The van der Waals surface area contributed by atoms with Crippen molar-refractivity contribution in [1.29, 1.82) is 0 Å². The Hall–Kier alpha value is -4.31. The molecule has 0 saturated carbocycles. The number of aromatic nitrogens is 3. The van der Waals surface area contributed by atoms with Crippen LogP contribution in [0.15, 0.2) is 24.5 Å². The number of halogens is 3. The Balaban J connectivity index is 1.37. The molecule has 16 heteroatoms. The molecule has 1 atom stereocenters. The zero-order chi connectivity index (χ0) is 36.9. The lowest BCUT2D eigenvalue weighted by molar-refractivity contribution is -0.133. The molecule has 2 fully saturated rings. The van der Waals surface area contributed by atoms with Crippen LogP contribution < -0.4 is 24.4 Å². The van der Waals surface area contributed by atoms with Crippen LogP contribution in [0.2, 0.25) is 0 Å². The van der Waals surface area contributed by atoms with Crippen molar-refractivity contribution >= 4 is 23.7 Å². The topological polar surface area (TPSA) is 139 Å². The Kier molecular flexibility index (Phi) is 12.2. The number of amides is 1. The predicted molar refractivity (Wildman–Crippen MR) is 181 cm³/mol.